The van der Waals surface area contributed by atoms with Crippen LogP contribution in [0.25, 0.3) is 16.7 Å². The van der Waals surface area contributed by atoms with Gasteiger partial charge in [0.1, 0.15) is 5.65 Å². The van der Waals surface area contributed by atoms with Crippen molar-refractivity contribution in [1.29, 1.82) is 0 Å². The number of nitrogens with one attached hydrogen (secondary N) is 2. The van der Waals surface area contributed by atoms with E-state index in [1.165, 1.54) is 0 Å². The number of pyridine rings is 1. The lowest BCUT2D eigenvalue weighted by Gasteiger charge is -2.26. The maximum Gasteiger partial charge on any atom is 0.254 e. The van der Waals surface area contributed by atoms with Crippen LogP contribution in [-0.2, 0) is 11.3 Å². The van der Waals surface area contributed by atoms with Crippen LogP contribution in [0.4, 0.5) is 0 Å². The molecule has 0 aliphatic carbocycles. The molecule has 1 aliphatic rings. The maximum absolute atomic E-state index is 12.6. The van der Waals surface area contributed by atoms with E-state index in [-0.39, 0.29) is 5.56 Å². The maximum atomic E-state index is 12.6. The van der Waals surface area contributed by atoms with Crippen LogP contribution in [0.2, 0.25) is 5.02 Å². The van der Waals surface area contributed by atoms with E-state index in [4.69, 9.17) is 16.3 Å². The van der Waals surface area contributed by atoms with Crippen LogP contribution in [0.3, 0.4) is 0 Å². The third-order valence-electron chi connectivity index (χ3n) is 5.27. The molecule has 2 N–H and O–H groups in total. The lowest BCUT2D eigenvalue weighted by Crippen LogP contribution is -2.37. The first-order valence-corrected chi connectivity index (χ1v) is 10.4. The van der Waals surface area contributed by atoms with Gasteiger partial charge in [-0.05, 0) is 56.8 Å². The highest BCUT2D eigenvalue weighted by atomic mass is 35.5. The van der Waals surface area contributed by atoms with Gasteiger partial charge in [0.2, 0.25) is 0 Å². The van der Waals surface area contributed by atoms with Gasteiger partial charge in [0.25, 0.3) is 5.56 Å². The first kappa shape index (κ1) is 20.1. The Bertz CT molecular complexity index is 1020. The Labute approximate surface area is 174 Å². The number of hydrogen-bond donors (Lipinski definition) is 2. The Morgan fingerprint density at radius 1 is 1.24 bits per heavy atom. The highest BCUT2D eigenvalue weighted by Gasteiger charge is 2.13. The predicted molar refractivity (Wildman–Crippen MR) is 115 cm³/mol. The van der Waals surface area contributed by atoms with Crippen LogP contribution < -0.4 is 10.9 Å². The number of hydrogen-bond acceptors (Lipinski definition) is 5. The molecular formula is C21H26ClN5O2. The smallest absolute Gasteiger partial charge is 0.254 e. The fourth-order valence-corrected chi connectivity index (χ4v) is 3.76. The molecule has 1 aromatic carbocycles. The lowest BCUT2D eigenvalue weighted by molar-refractivity contribution is 0.0374. The van der Waals surface area contributed by atoms with E-state index >= 15 is 0 Å². The number of benzene rings is 1. The molecule has 1 saturated heterocycles. The molecule has 0 bridgehead atoms. The van der Waals surface area contributed by atoms with Gasteiger partial charge in [-0.2, -0.15) is 5.10 Å². The minimum Gasteiger partial charge on any atom is -0.379 e. The van der Waals surface area contributed by atoms with Gasteiger partial charge in [0, 0.05) is 35.6 Å². The first-order valence-electron chi connectivity index (χ1n) is 10.00. The van der Waals surface area contributed by atoms with Crippen LogP contribution >= 0.6 is 11.6 Å². The molecule has 0 saturated carbocycles. The zero-order chi connectivity index (χ0) is 20.2. The lowest BCUT2D eigenvalue weighted by atomic mass is 10.2. The standard InChI is InChI=1S/C21H26ClN5O2/c1-15-19-13-16(14-23-7-2-8-26-9-11-29-12-10-26)21(28)24-20(19)27(25-15)18-5-3-17(22)4-6-18/h3-6,13,23H,2,7-12,14H2,1H3,(H,24,28). The summed E-state index contributed by atoms with van der Waals surface area (Å²) in [6.07, 6.45) is 1.05. The van der Waals surface area contributed by atoms with E-state index in [1.807, 2.05) is 37.3 Å². The van der Waals surface area contributed by atoms with Crippen molar-refractivity contribution in [3.05, 3.63) is 57.0 Å². The predicted octanol–water partition coefficient (Wildman–Crippen LogP) is 2.49. The summed E-state index contributed by atoms with van der Waals surface area (Å²) in [6.45, 7) is 8.08. The molecule has 154 valence electrons. The van der Waals surface area contributed by atoms with E-state index in [9.17, 15) is 4.79 Å². The van der Waals surface area contributed by atoms with Crippen molar-refractivity contribution in [2.24, 2.45) is 0 Å². The summed E-state index contributed by atoms with van der Waals surface area (Å²) in [5.74, 6) is 0. The topological polar surface area (TPSA) is 75.2 Å². The van der Waals surface area contributed by atoms with Crippen molar-refractivity contribution >= 4 is 22.6 Å². The monoisotopic (exact) mass is 415 g/mol. The zero-order valence-corrected chi connectivity index (χ0v) is 17.3. The van der Waals surface area contributed by atoms with Gasteiger partial charge in [0.15, 0.2) is 0 Å². The molecule has 0 atom stereocenters. The molecule has 29 heavy (non-hydrogen) atoms. The fraction of sp³-hybridized carbons (Fsp3) is 0.429. The minimum atomic E-state index is -0.0895. The molecule has 0 unspecified atom stereocenters. The molecule has 3 heterocycles. The number of fused-ring (bicyclic) bond motifs is 1. The summed E-state index contributed by atoms with van der Waals surface area (Å²) in [4.78, 5) is 18.0. The first-order chi connectivity index (χ1) is 14.1. The van der Waals surface area contributed by atoms with Crippen LogP contribution in [-0.4, -0.2) is 59.1 Å². The number of H-pyrrole nitrogens is 1. The number of aryl methyl sites for hydroxylation is 1. The van der Waals surface area contributed by atoms with Gasteiger partial charge < -0.3 is 15.0 Å². The molecular weight excluding hydrogens is 390 g/mol. The second-order valence-corrected chi connectivity index (χ2v) is 7.78. The largest absolute Gasteiger partial charge is 0.379 e. The van der Waals surface area contributed by atoms with Gasteiger partial charge in [0.05, 0.1) is 24.6 Å². The van der Waals surface area contributed by atoms with Crippen LogP contribution in [0.15, 0.2) is 35.1 Å². The number of morpholine rings is 1. The summed E-state index contributed by atoms with van der Waals surface area (Å²) < 4.78 is 7.12. The third-order valence-corrected chi connectivity index (χ3v) is 5.52. The molecule has 0 radical (unpaired) electrons. The van der Waals surface area contributed by atoms with Crippen molar-refractivity contribution < 1.29 is 4.74 Å². The molecule has 0 spiro atoms. The Morgan fingerprint density at radius 3 is 2.76 bits per heavy atom. The van der Waals surface area contributed by atoms with Crippen molar-refractivity contribution in [2.45, 2.75) is 19.9 Å². The van der Waals surface area contributed by atoms with E-state index in [0.29, 0.717) is 17.2 Å². The van der Waals surface area contributed by atoms with Crippen LogP contribution in [0.5, 0.6) is 0 Å². The second kappa shape index (κ2) is 9.09. The number of aromatic amines is 1. The number of nitrogens with zero attached hydrogens (tertiary/aromatic N) is 3. The number of ether oxygens (including phenoxy) is 1. The molecule has 1 fully saturated rings. The van der Waals surface area contributed by atoms with Gasteiger partial charge in [-0.25, -0.2) is 4.68 Å². The summed E-state index contributed by atoms with van der Waals surface area (Å²) >= 11 is 5.98. The Balaban J connectivity index is 1.43. The normalized spacial score (nSPS) is 15.2. The fourth-order valence-electron chi connectivity index (χ4n) is 3.64. The summed E-state index contributed by atoms with van der Waals surface area (Å²) in [6, 6.07) is 9.34. The van der Waals surface area contributed by atoms with Crippen LogP contribution in [0, 0.1) is 6.92 Å². The van der Waals surface area contributed by atoms with E-state index in [2.05, 4.69) is 20.3 Å². The highest BCUT2D eigenvalue weighted by Crippen LogP contribution is 2.21. The van der Waals surface area contributed by atoms with Crippen molar-refractivity contribution in [3.63, 3.8) is 0 Å². The van der Waals surface area contributed by atoms with E-state index < -0.39 is 0 Å². The molecule has 1 aliphatic heterocycles. The van der Waals surface area contributed by atoms with Crippen molar-refractivity contribution in [2.75, 3.05) is 39.4 Å². The number of aromatic nitrogens is 3. The Hall–Kier alpha value is -2.19. The second-order valence-electron chi connectivity index (χ2n) is 7.34. The van der Waals surface area contributed by atoms with Gasteiger partial charge in [-0.3, -0.25) is 9.69 Å². The molecule has 7 nitrogen and oxygen atoms in total. The SMILES string of the molecule is Cc1nn(-c2ccc(Cl)cc2)c2[nH]c(=O)c(CNCCCN3CCOCC3)cc12. The average Bonchev–Trinajstić information content (AvgIpc) is 3.04. The number of rotatable bonds is 7. The van der Waals surface area contributed by atoms with Gasteiger partial charge in [-0.15, -0.1) is 0 Å². The molecule has 4 rings (SSSR count). The molecule has 2 aromatic heterocycles. The van der Waals surface area contributed by atoms with E-state index in [1.54, 1.807) is 4.68 Å². The molecule has 0 amide bonds. The number of halogens is 1. The summed E-state index contributed by atoms with van der Waals surface area (Å²) in [5.41, 5.74) is 3.07. The Kier molecular flexibility index (Phi) is 6.30. The average molecular weight is 416 g/mol. The zero-order valence-electron chi connectivity index (χ0n) is 16.6. The third kappa shape index (κ3) is 4.70. The Morgan fingerprint density at radius 2 is 2.00 bits per heavy atom. The molecule has 8 heteroatoms. The van der Waals surface area contributed by atoms with E-state index in [0.717, 1.165) is 68.1 Å². The van der Waals surface area contributed by atoms with Gasteiger partial charge >= 0.3 is 0 Å². The van der Waals surface area contributed by atoms with Crippen molar-refractivity contribution in [3.8, 4) is 5.69 Å². The van der Waals surface area contributed by atoms with Crippen LogP contribution in [0.1, 0.15) is 17.7 Å². The summed E-state index contributed by atoms with van der Waals surface area (Å²) in [5, 5.41) is 9.60. The highest BCUT2D eigenvalue weighted by molar-refractivity contribution is 6.30. The van der Waals surface area contributed by atoms with Crippen molar-refractivity contribution in [1.82, 2.24) is 25.0 Å². The van der Waals surface area contributed by atoms with Gasteiger partial charge in [-0.1, -0.05) is 11.6 Å². The molecule has 3 aromatic rings. The minimum absolute atomic E-state index is 0.0895. The quantitative estimate of drug-likeness (QED) is 0.580. The summed E-state index contributed by atoms with van der Waals surface area (Å²) in [7, 11) is 0.